The molecule has 0 spiro atoms. The number of nitrogens with one attached hydrogen (secondary N) is 2. The standard InChI is InChI=1S/C35H47N5O8S/c1-5-47-29-18-28(24-13-14-27(46-4)21(2)30(24)37-29)48-23-17-26-31(41)38-35(33(43)39-49(44,45)34(3)15-16-34)19-22(35)11-9-7-6-8-10-12-25(36)32(42)40(26)20-23/h9,11,13-14,18,22-23,25-26H,5-8,10,12,15-17,19-20,36H2,1-4H3,(H,38,41)(H,39,43)/b11-9-/t22?,23?,25-,26-,35+/m0/s1. The number of methoxy groups -OCH3 is 1. The number of hydrogen-bond acceptors (Lipinski definition) is 10. The molecule has 2 saturated carbocycles. The minimum atomic E-state index is -3.94. The number of aromatic nitrogens is 1. The van der Waals surface area contributed by atoms with E-state index in [4.69, 9.17) is 19.9 Å². The summed E-state index contributed by atoms with van der Waals surface area (Å²) in [6, 6.07) is 3.56. The first-order valence-electron chi connectivity index (χ1n) is 17.2. The number of hydrogen-bond donors (Lipinski definition) is 3. The van der Waals surface area contributed by atoms with Crippen LogP contribution in [0.15, 0.2) is 30.4 Å². The van der Waals surface area contributed by atoms with Gasteiger partial charge in [0.25, 0.3) is 5.91 Å². The molecule has 1 aromatic heterocycles. The van der Waals surface area contributed by atoms with Gasteiger partial charge in [-0.3, -0.25) is 19.1 Å². The average Bonchev–Trinajstić information content (AvgIpc) is 3.94. The Balaban J connectivity index is 1.30. The summed E-state index contributed by atoms with van der Waals surface area (Å²) in [6.07, 6.45) is 8.29. The number of carbonyl (C=O) groups excluding carboxylic acids is 3. The highest BCUT2D eigenvalue weighted by atomic mass is 32.2. The van der Waals surface area contributed by atoms with Crippen LogP contribution < -0.4 is 30.0 Å². The first kappa shape index (κ1) is 34.9. The molecule has 2 aromatic rings. The highest BCUT2D eigenvalue weighted by Gasteiger charge is 2.63. The molecular formula is C35H47N5O8S. The average molecular weight is 698 g/mol. The van der Waals surface area contributed by atoms with E-state index >= 15 is 0 Å². The number of ether oxygens (including phenoxy) is 3. The second kappa shape index (κ2) is 13.4. The maximum atomic E-state index is 14.2. The van der Waals surface area contributed by atoms with Crippen LogP contribution in [0.4, 0.5) is 0 Å². The number of allylic oxidation sites excluding steroid dienone is 1. The fourth-order valence-electron chi connectivity index (χ4n) is 6.92. The van der Waals surface area contributed by atoms with Gasteiger partial charge in [0, 0.05) is 29.4 Å². The molecule has 6 rings (SSSR count). The van der Waals surface area contributed by atoms with E-state index in [1.165, 1.54) is 4.90 Å². The quantitative estimate of drug-likeness (QED) is 0.347. The van der Waals surface area contributed by atoms with Gasteiger partial charge in [0.15, 0.2) is 0 Å². The van der Waals surface area contributed by atoms with E-state index in [-0.39, 0.29) is 31.2 Å². The van der Waals surface area contributed by atoms with Crippen molar-refractivity contribution in [1.29, 1.82) is 0 Å². The van der Waals surface area contributed by atoms with Gasteiger partial charge in [-0.25, -0.2) is 13.4 Å². The minimum absolute atomic E-state index is 0.0861. The summed E-state index contributed by atoms with van der Waals surface area (Å²) >= 11 is 0. The van der Waals surface area contributed by atoms with Gasteiger partial charge in [-0.1, -0.05) is 25.0 Å². The number of pyridine rings is 1. The highest BCUT2D eigenvalue weighted by Crippen LogP contribution is 2.47. The molecule has 13 nitrogen and oxygen atoms in total. The largest absolute Gasteiger partial charge is 0.496 e. The summed E-state index contributed by atoms with van der Waals surface area (Å²) in [5.41, 5.74) is 6.40. The monoisotopic (exact) mass is 697 g/mol. The summed E-state index contributed by atoms with van der Waals surface area (Å²) < 4.78 is 45.2. The number of sulfonamides is 1. The third-order valence-corrected chi connectivity index (χ3v) is 12.6. The Kier molecular flexibility index (Phi) is 9.57. The van der Waals surface area contributed by atoms with Gasteiger partial charge in [-0.15, -0.1) is 0 Å². The zero-order valence-electron chi connectivity index (χ0n) is 28.6. The van der Waals surface area contributed by atoms with Crippen LogP contribution >= 0.6 is 0 Å². The third-order valence-electron chi connectivity index (χ3n) is 10.4. The Morgan fingerprint density at radius 3 is 2.67 bits per heavy atom. The van der Waals surface area contributed by atoms with Crippen LogP contribution in [-0.4, -0.2) is 84.8 Å². The maximum Gasteiger partial charge on any atom is 0.259 e. The maximum absolute atomic E-state index is 14.2. The molecule has 3 fully saturated rings. The zero-order valence-corrected chi connectivity index (χ0v) is 29.4. The molecular weight excluding hydrogens is 650 g/mol. The molecule has 0 bridgehead atoms. The van der Waals surface area contributed by atoms with Gasteiger partial charge in [0.1, 0.15) is 29.2 Å². The molecule has 3 amide bonds. The molecule has 4 N–H and O–H groups in total. The van der Waals surface area contributed by atoms with Crippen molar-refractivity contribution < 1.29 is 37.0 Å². The fraction of sp³-hybridized carbons (Fsp3) is 0.600. The lowest BCUT2D eigenvalue weighted by Crippen LogP contribution is -2.58. The smallest absolute Gasteiger partial charge is 0.259 e. The molecule has 2 aliphatic heterocycles. The lowest BCUT2D eigenvalue weighted by molar-refractivity contribution is -0.140. The van der Waals surface area contributed by atoms with Crippen molar-refractivity contribution in [3.63, 3.8) is 0 Å². The van der Waals surface area contributed by atoms with Crippen LogP contribution in [0.5, 0.6) is 17.4 Å². The highest BCUT2D eigenvalue weighted by molar-refractivity contribution is 7.91. The minimum Gasteiger partial charge on any atom is -0.496 e. The molecule has 1 saturated heterocycles. The Morgan fingerprint density at radius 1 is 1.18 bits per heavy atom. The number of amides is 3. The molecule has 0 radical (unpaired) electrons. The summed E-state index contributed by atoms with van der Waals surface area (Å²) in [5, 5.41) is 3.61. The summed E-state index contributed by atoms with van der Waals surface area (Å²) in [4.78, 5) is 47.8. The Hall–Kier alpha value is -3.91. The summed E-state index contributed by atoms with van der Waals surface area (Å²) in [5.74, 6) is -0.572. The normalized spacial score (nSPS) is 29.0. The molecule has 5 atom stereocenters. The molecule has 4 aliphatic rings. The van der Waals surface area contributed by atoms with Crippen LogP contribution in [0.1, 0.15) is 77.2 Å². The lowest BCUT2D eigenvalue weighted by Gasteiger charge is -2.28. The van der Waals surface area contributed by atoms with E-state index in [0.29, 0.717) is 54.2 Å². The van der Waals surface area contributed by atoms with Gasteiger partial charge < -0.3 is 30.2 Å². The third kappa shape index (κ3) is 6.81. The van der Waals surface area contributed by atoms with E-state index in [1.807, 2.05) is 38.1 Å². The van der Waals surface area contributed by atoms with Crippen LogP contribution in [-0.2, 0) is 24.4 Å². The number of aryl methyl sites for hydroxylation is 1. The van der Waals surface area contributed by atoms with Gasteiger partial charge in [0.05, 0.1) is 36.6 Å². The van der Waals surface area contributed by atoms with Crippen LogP contribution in [0.2, 0.25) is 0 Å². The van der Waals surface area contributed by atoms with Crippen LogP contribution in [0.3, 0.4) is 0 Å². The molecule has 2 unspecified atom stereocenters. The number of fused-ring (bicyclic) bond motifs is 3. The van der Waals surface area contributed by atoms with Crippen LogP contribution in [0.25, 0.3) is 10.9 Å². The van der Waals surface area contributed by atoms with E-state index in [2.05, 4.69) is 15.0 Å². The lowest BCUT2D eigenvalue weighted by atomic mass is 10.1. The molecule has 1 aromatic carbocycles. The van der Waals surface area contributed by atoms with Crippen molar-refractivity contribution in [1.82, 2.24) is 19.9 Å². The van der Waals surface area contributed by atoms with Crippen molar-refractivity contribution in [2.24, 2.45) is 11.7 Å². The van der Waals surface area contributed by atoms with E-state index in [1.54, 1.807) is 20.1 Å². The Bertz CT molecular complexity index is 1780. The predicted octanol–water partition coefficient (Wildman–Crippen LogP) is 3.02. The van der Waals surface area contributed by atoms with E-state index < -0.39 is 50.3 Å². The molecule has 49 heavy (non-hydrogen) atoms. The Labute approximate surface area is 287 Å². The van der Waals surface area contributed by atoms with Crippen molar-refractivity contribution in [2.75, 3.05) is 20.3 Å². The van der Waals surface area contributed by atoms with Gasteiger partial charge >= 0.3 is 0 Å². The van der Waals surface area contributed by atoms with Crippen molar-refractivity contribution in [3.8, 4) is 17.4 Å². The Morgan fingerprint density at radius 2 is 1.96 bits per heavy atom. The van der Waals surface area contributed by atoms with Crippen molar-refractivity contribution in [2.45, 2.75) is 107 Å². The second-order valence-electron chi connectivity index (χ2n) is 14.0. The van der Waals surface area contributed by atoms with Gasteiger partial charge in [0.2, 0.25) is 27.7 Å². The number of carbonyl (C=O) groups is 3. The SMILES string of the molecule is CCOc1cc(OC2C[C@H]3C(=O)N[C@]4(C(=O)NS(=O)(=O)C5(C)CC5)CC4/C=C\CCCCC[C@H](N)C(=O)N3C2)c2ccc(OC)c(C)c2n1. The summed E-state index contributed by atoms with van der Waals surface area (Å²) in [7, 11) is -2.35. The summed E-state index contributed by atoms with van der Waals surface area (Å²) in [6.45, 7) is 5.83. The van der Waals surface area contributed by atoms with Gasteiger partial charge in [-0.2, -0.15) is 0 Å². The molecule has 3 heterocycles. The number of benzene rings is 1. The molecule has 14 heteroatoms. The zero-order chi connectivity index (χ0) is 35.1. The molecule has 266 valence electrons. The molecule has 2 aliphatic carbocycles. The number of nitrogens with two attached hydrogens (primary N) is 1. The van der Waals surface area contributed by atoms with E-state index in [9.17, 15) is 22.8 Å². The number of rotatable bonds is 8. The number of nitrogens with zero attached hydrogens (tertiary/aromatic N) is 2. The predicted molar refractivity (Wildman–Crippen MR) is 183 cm³/mol. The van der Waals surface area contributed by atoms with Gasteiger partial charge in [-0.05, 0) is 71.4 Å². The van der Waals surface area contributed by atoms with Crippen LogP contribution in [0, 0.1) is 12.8 Å². The first-order valence-corrected chi connectivity index (χ1v) is 18.7. The fourth-order valence-corrected chi connectivity index (χ4v) is 8.23. The van der Waals surface area contributed by atoms with Crippen molar-refractivity contribution in [3.05, 3.63) is 35.9 Å². The van der Waals surface area contributed by atoms with E-state index in [0.717, 1.165) is 31.2 Å². The topological polar surface area (TPSA) is 179 Å². The van der Waals surface area contributed by atoms with Crippen molar-refractivity contribution >= 4 is 38.6 Å². The first-order chi connectivity index (χ1) is 23.3. The second-order valence-corrected chi connectivity index (χ2v) is 16.2.